The zero-order valence-corrected chi connectivity index (χ0v) is 12.5. The summed E-state index contributed by atoms with van der Waals surface area (Å²) in [4.78, 5) is 24.6. The molecule has 3 heteroatoms. The molecule has 0 spiro atoms. The standard InChI is InChI=1S/C16H25NO2/c1-9(2)12-7-14(18)16(15(19)8-12)13-6-10(3)5-11(4)17-13/h9-12,17H,5-8H2,1-4H3. The number of hydrogen-bond acceptors (Lipinski definition) is 3. The van der Waals surface area contributed by atoms with Gasteiger partial charge in [-0.1, -0.05) is 20.8 Å². The Balaban J connectivity index is 2.24. The Morgan fingerprint density at radius 2 is 1.63 bits per heavy atom. The summed E-state index contributed by atoms with van der Waals surface area (Å²) in [6.45, 7) is 8.48. The van der Waals surface area contributed by atoms with Gasteiger partial charge in [-0.15, -0.1) is 0 Å². The van der Waals surface area contributed by atoms with Crippen molar-refractivity contribution in [3.05, 3.63) is 11.3 Å². The molecule has 0 aromatic carbocycles. The van der Waals surface area contributed by atoms with Crippen molar-refractivity contribution >= 4 is 11.6 Å². The van der Waals surface area contributed by atoms with E-state index in [0.717, 1.165) is 18.5 Å². The first-order valence-electron chi connectivity index (χ1n) is 7.44. The van der Waals surface area contributed by atoms with E-state index in [1.54, 1.807) is 0 Å². The van der Waals surface area contributed by atoms with Crippen LogP contribution < -0.4 is 5.32 Å². The molecule has 0 aromatic rings. The van der Waals surface area contributed by atoms with E-state index >= 15 is 0 Å². The van der Waals surface area contributed by atoms with Crippen molar-refractivity contribution in [2.45, 2.75) is 59.4 Å². The first kappa shape index (κ1) is 14.3. The Kier molecular flexibility index (Phi) is 4.12. The maximum absolute atomic E-state index is 12.3. The second kappa shape index (κ2) is 5.48. The molecule has 1 N–H and O–H groups in total. The SMILES string of the molecule is CC1CC(=C2C(=O)CC(C(C)C)CC2=O)NC(C)C1. The summed E-state index contributed by atoms with van der Waals surface area (Å²) in [5, 5.41) is 3.36. The fourth-order valence-electron chi connectivity index (χ4n) is 3.34. The van der Waals surface area contributed by atoms with Crippen LogP contribution in [0, 0.1) is 17.8 Å². The Morgan fingerprint density at radius 3 is 2.11 bits per heavy atom. The van der Waals surface area contributed by atoms with Crippen molar-refractivity contribution < 1.29 is 9.59 Å². The minimum atomic E-state index is 0.0544. The molecule has 0 amide bonds. The zero-order chi connectivity index (χ0) is 14.2. The van der Waals surface area contributed by atoms with Crippen LogP contribution in [-0.4, -0.2) is 17.6 Å². The Labute approximate surface area is 115 Å². The van der Waals surface area contributed by atoms with Crippen LogP contribution in [0.2, 0.25) is 0 Å². The summed E-state index contributed by atoms with van der Waals surface area (Å²) in [5.41, 5.74) is 1.39. The van der Waals surface area contributed by atoms with Crippen LogP contribution in [0.25, 0.3) is 0 Å². The molecule has 1 saturated carbocycles. The molecule has 1 heterocycles. The number of ketones is 2. The molecule has 19 heavy (non-hydrogen) atoms. The third kappa shape index (κ3) is 3.07. The van der Waals surface area contributed by atoms with Crippen LogP contribution in [0.4, 0.5) is 0 Å². The van der Waals surface area contributed by atoms with Crippen LogP contribution in [-0.2, 0) is 9.59 Å². The number of piperidine rings is 1. The van der Waals surface area contributed by atoms with Crippen LogP contribution in [0.3, 0.4) is 0 Å². The first-order chi connectivity index (χ1) is 8.88. The molecular weight excluding hydrogens is 238 g/mol. The van der Waals surface area contributed by atoms with Gasteiger partial charge < -0.3 is 5.32 Å². The maximum Gasteiger partial charge on any atom is 0.168 e. The van der Waals surface area contributed by atoms with Crippen LogP contribution in [0.5, 0.6) is 0 Å². The van der Waals surface area contributed by atoms with Gasteiger partial charge in [-0.05, 0) is 37.5 Å². The molecule has 0 bridgehead atoms. The molecule has 0 aromatic heterocycles. The van der Waals surface area contributed by atoms with E-state index in [2.05, 4.69) is 33.0 Å². The fourth-order valence-corrected chi connectivity index (χ4v) is 3.34. The highest BCUT2D eigenvalue weighted by atomic mass is 16.1. The summed E-state index contributed by atoms with van der Waals surface area (Å²) in [6, 6.07) is 0.356. The average molecular weight is 263 g/mol. The lowest BCUT2D eigenvalue weighted by molar-refractivity contribution is -0.126. The summed E-state index contributed by atoms with van der Waals surface area (Å²) < 4.78 is 0. The monoisotopic (exact) mass is 263 g/mol. The minimum Gasteiger partial charge on any atom is -0.385 e. The molecule has 1 saturated heterocycles. The highest BCUT2D eigenvalue weighted by Gasteiger charge is 2.35. The van der Waals surface area contributed by atoms with Gasteiger partial charge >= 0.3 is 0 Å². The van der Waals surface area contributed by atoms with Crippen molar-refractivity contribution in [2.75, 3.05) is 0 Å². The van der Waals surface area contributed by atoms with E-state index in [4.69, 9.17) is 0 Å². The van der Waals surface area contributed by atoms with Gasteiger partial charge in [-0.3, -0.25) is 9.59 Å². The van der Waals surface area contributed by atoms with E-state index in [0.29, 0.717) is 36.3 Å². The molecule has 1 aliphatic carbocycles. The maximum atomic E-state index is 12.3. The van der Waals surface area contributed by atoms with Crippen molar-refractivity contribution in [1.82, 2.24) is 5.32 Å². The van der Waals surface area contributed by atoms with Gasteiger partial charge in [0.15, 0.2) is 11.6 Å². The van der Waals surface area contributed by atoms with Crippen molar-refractivity contribution in [3.8, 4) is 0 Å². The smallest absolute Gasteiger partial charge is 0.168 e. The first-order valence-corrected chi connectivity index (χ1v) is 7.44. The molecule has 3 nitrogen and oxygen atoms in total. The topological polar surface area (TPSA) is 46.2 Å². The zero-order valence-electron chi connectivity index (χ0n) is 12.5. The number of allylic oxidation sites excluding steroid dienone is 2. The van der Waals surface area contributed by atoms with E-state index in [1.807, 2.05) is 0 Å². The van der Waals surface area contributed by atoms with Crippen LogP contribution >= 0.6 is 0 Å². The van der Waals surface area contributed by atoms with Gasteiger partial charge in [0.2, 0.25) is 0 Å². The average Bonchev–Trinajstić information content (AvgIpc) is 2.26. The molecule has 2 fully saturated rings. The van der Waals surface area contributed by atoms with Gasteiger partial charge in [-0.25, -0.2) is 0 Å². The van der Waals surface area contributed by atoms with E-state index < -0.39 is 0 Å². The van der Waals surface area contributed by atoms with Crippen molar-refractivity contribution in [1.29, 1.82) is 0 Å². The van der Waals surface area contributed by atoms with Gasteiger partial charge in [-0.2, -0.15) is 0 Å². The summed E-state index contributed by atoms with van der Waals surface area (Å²) in [6.07, 6.45) is 3.01. The third-order valence-corrected chi connectivity index (χ3v) is 4.43. The number of carbonyl (C=O) groups is 2. The summed E-state index contributed by atoms with van der Waals surface area (Å²) in [5.74, 6) is 1.28. The molecule has 2 atom stereocenters. The molecule has 1 aliphatic heterocycles. The lowest BCUT2D eigenvalue weighted by atomic mass is 9.76. The van der Waals surface area contributed by atoms with Crippen LogP contribution in [0.15, 0.2) is 11.3 Å². The van der Waals surface area contributed by atoms with E-state index in [1.165, 1.54) is 0 Å². The largest absolute Gasteiger partial charge is 0.385 e. The number of Topliss-reactive ketones (excluding diaryl/α,β-unsaturated/α-hetero) is 2. The van der Waals surface area contributed by atoms with Gasteiger partial charge in [0.1, 0.15) is 0 Å². The van der Waals surface area contributed by atoms with Crippen molar-refractivity contribution in [3.63, 3.8) is 0 Å². The van der Waals surface area contributed by atoms with E-state index in [9.17, 15) is 9.59 Å². The lowest BCUT2D eigenvalue weighted by Gasteiger charge is -2.32. The molecule has 0 radical (unpaired) electrons. The Bertz CT molecular complexity index is 390. The second-order valence-corrected chi connectivity index (χ2v) is 6.70. The minimum absolute atomic E-state index is 0.0544. The Morgan fingerprint density at radius 1 is 1.05 bits per heavy atom. The molecular formula is C16H25NO2. The number of carbonyl (C=O) groups excluding carboxylic acids is 2. The summed E-state index contributed by atoms with van der Waals surface area (Å²) in [7, 11) is 0. The normalized spacial score (nSPS) is 32.8. The molecule has 106 valence electrons. The predicted molar refractivity (Wildman–Crippen MR) is 75.6 cm³/mol. The quantitative estimate of drug-likeness (QED) is 0.584. The van der Waals surface area contributed by atoms with Crippen molar-refractivity contribution in [2.24, 2.45) is 17.8 Å². The van der Waals surface area contributed by atoms with Crippen LogP contribution in [0.1, 0.15) is 53.4 Å². The van der Waals surface area contributed by atoms with Gasteiger partial charge in [0.05, 0.1) is 5.57 Å². The highest BCUT2D eigenvalue weighted by molar-refractivity contribution is 6.22. The Hall–Kier alpha value is -1.12. The predicted octanol–water partition coefficient (Wildman–Crippen LogP) is 2.85. The second-order valence-electron chi connectivity index (χ2n) is 6.70. The molecule has 2 unspecified atom stereocenters. The lowest BCUT2D eigenvalue weighted by Crippen LogP contribution is -2.38. The number of rotatable bonds is 1. The van der Waals surface area contributed by atoms with E-state index in [-0.39, 0.29) is 17.5 Å². The highest BCUT2D eigenvalue weighted by Crippen LogP contribution is 2.32. The number of nitrogens with one attached hydrogen (secondary N) is 1. The fraction of sp³-hybridized carbons (Fsp3) is 0.750. The third-order valence-electron chi connectivity index (χ3n) is 4.43. The molecule has 2 aliphatic rings. The number of hydrogen-bond donors (Lipinski definition) is 1. The van der Waals surface area contributed by atoms with Gasteiger partial charge in [0.25, 0.3) is 0 Å². The molecule has 2 rings (SSSR count). The summed E-state index contributed by atoms with van der Waals surface area (Å²) >= 11 is 0. The van der Waals surface area contributed by atoms with Gasteiger partial charge in [0, 0.05) is 24.6 Å².